The van der Waals surface area contributed by atoms with Crippen molar-refractivity contribution in [3.05, 3.63) is 59.1 Å². The Bertz CT molecular complexity index is 533. The van der Waals surface area contributed by atoms with E-state index in [1.165, 1.54) is 5.56 Å². The van der Waals surface area contributed by atoms with Gasteiger partial charge in [0, 0.05) is 12.0 Å². The van der Waals surface area contributed by atoms with E-state index in [0.29, 0.717) is 22.7 Å². The molecular weight excluding hydrogens is 244 g/mol. The van der Waals surface area contributed by atoms with Crippen LogP contribution in [-0.4, -0.2) is 6.04 Å². The summed E-state index contributed by atoms with van der Waals surface area (Å²) in [6, 6.07) is 16.6. The number of hydrogen-bond acceptors (Lipinski definition) is 2. The SMILES string of the molecule is Nc1cccc(Cl)c1NC1CC1c1ccccc1. The average molecular weight is 259 g/mol. The van der Waals surface area contributed by atoms with Gasteiger partial charge in [0.2, 0.25) is 0 Å². The molecule has 1 fully saturated rings. The van der Waals surface area contributed by atoms with Gasteiger partial charge in [-0.1, -0.05) is 48.0 Å². The molecule has 18 heavy (non-hydrogen) atoms. The lowest BCUT2D eigenvalue weighted by Crippen LogP contribution is -2.07. The van der Waals surface area contributed by atoms with Crippen LogP contribution in [0.15, 0.2) is 48.5 Å². The highest BCUT2D eigenvalue weighted by atomic mass is 35.5. The van der Waals surface area contributed by atoms with E-state index in [1.54, 1.807) is 0 Å². The monoisotopic (exact) mass is 258 g/mol. The molecule has 3 N–H and O–H groups in total. The van der Waals surface area contributed by atoms with E-state index in [4.69, 9.17) is 17.3 Å². The zero-order chi connectivity index (χ0) is 12.5. The Morgan fingerprint density at radius 2 is 1.83 bits per heavy atom. The van der Waals surface area contributed by atoms with Crippen LogP contribution in [0.3, 0.4) is 0 Å². The number of benzene rings is 2. The number of nitrogen functional groups attached to an aromatic ring is 1. The Kier molecular flexibility index (Phi) is 2.88. The minimum Gasteiger partial charge on any atom is -0.397 e. The molecule has 3 rings (SSSR count). The smallest absolute Gasteiger partial charge is 0.0765 e. The average Bonchev–Trinajstić information content (AvgIpc) is 3.15. The number of anilines is 2. The second-order valence-electron chi connectivity index (χ2n) is 4.71. The van der Waals surface area contributed by atoms with Gasteiger partial charge >= 0.3 is 0 Å². The standard InChI is InChI=1S/C15H15ClN2/c16-12-7-4-8-13(17)15(12)18-14-9-11(14)10-5-2-1-3-6-10/h1-8,11,14,18H,9,17H2. The number of nitrogens with one attached hydrogen (secondary N) is 1. The van der Waals surface area contributed by atoms with E-state index in [9.17, 15) is 0 Å². The largest absolute Gasteiger partial charge is 0.397 e. The van der Waals surface area contributed by atoms with Gasteiger partial charge in [0.15, 0.2) is 0 Å². The summed E-state index contributed by atoms with van der Waals surface area (Å²) in [5.74, 6) is 0.571. The van der Waals surface area contributed by atoms with Gasteiger partial charge < -0.3 is 11.1 Å². The summed E-state index contributed by atoms with van der Waals surface area (Å²) in [6.45, 7) is 0. The summed E-state index contributed by atoms with van der Waals surface area (Å²) in [7, 11) is 0. The summed E-state index contributed by atoms with van der Waals surface area (Å²) < 4.78 is 0. The molecule has 2 aromatic carbocycles. The van der Waals surface area contributed by atoms with Crippen molar-refractivity contribution in [3.8, 4) is 0 Å². The molecule has 2 unspecified atom stereocenters. The minimum atomic E-state index is 0.439. The molecule has 0 spiro atoms. The van der Waals surface area contributed by atoms with Crippen LogP contribution < -0.4 is 11.1 Å². The van der Waals surface area contributed by atoms with Crippen molar-refractivity contribution in [2.45, 2.75) is 18.4 Å². The molecule has 0 saturated heterocycles. The Balaban J connectivity index is 1.73. The van der Waals surface area contributed by atoms with Crippen molar-refractivity contribution < 1.29 is 0 Å². The molecule has 1 saturated carbocycles. The molecule has 1 aliphatic rings. The third kappa shape index (κ3) is 2.16. The van der Waals surface area contributed by atoms with Crippen molar-refractivity contribution in [3.63, 3.8) is 0 Å². The van der Waals surface area contributed by atoms with Gasteiger partial charge in [-0.05, 0) is 24.1 Å². The fourth-order valence-electron chi connectivity index (χ4n) is 2.30. The minimum absolute atomic E-state index is 0.439. The van der Waals surface area contributed by atoms with E-state index in [0.717, 1.165) is 12.1 Å². The van der Waals surface area contributed by atoms with Crippen LogP contribution in [0.5, 0.6) is 0 Å². The predicted octanol–water partition coefficient (Wildman–Crippen LogP) is 3.89. The first-order valence-electron chi connectivity index (χ1n) is 6.11. The zero-order valence-corrected chi connectivity index (χ0v) is 10.7. The van der Waals surface area contributed by atoms with Gasteiger partial charge in [0.05, 0.1) is 16.4 Å². The van der Waals surface area contributed by atoms with Gasteiger partial charge in [0.25, 0.3) is 0 Å². The van der Waals surface area contributed by atoms with Gasteiger partial charge in [-0.15, -0.1) is 0 Å². The third-order valence-electron chi connectivity index (χ3n) is 3.39. The maximum Gasteiger partial charge on any atom is 0.0765 e. The molecule has 92 valence electrons. The van der Waals surface area contributed by atoms with Crippen molar-refractivity contribution in [1.29, 1.82) is 0 Å². The second kappa shape index (κ2) is 4.54. The topological polar surface area (TPSA) is 38.0 Å². The van der Waals surface area contributed by atoms with E-state index in [2.05, 4.69) is 29.6 Å². The summed E-state index contributed by atoms with van der Waals surface area (Å²) in [6.07, 6.45) is 1.13. The Morgan fingerprint density at radius 1 is 1.06 bits per heavy atom. The molecule has 2 nitrogen and oxygen atoms in total. The number of hydrogen-bond donors (Lipinski definition) is 2. The maximum atomic E-state index is 6.15. The molecule has 1 aliphatic carbocycles. The predicted molar refractivity (Wildman–Crippen MR) is 77.1 cm³/mol. The first kappa shape index (κ1) is 11.4. The number of para-hydroxylation sites is 1. The van der Waals surface area contributed by atoms with Gasteiger partial charge in [-0.25, -0.2) is 0 Å². The normalized spacial score (nSPS) is 21.6. The van der Waals surface area contributed by atoms with Crippen LogP contribution in [0.25, 0.3) is 0 Å². The van der Waals surface area contributed by atoms with Crippen molar-refractivity contribution >= 4 is 23.0 Å². The van der Waals surface area contributed by atoms with E-state index < -0.39 is 0 Å². The zero-order valence-electron chi connectivity index (χ0n) is 9.94. The molecule has 0 amide bonds. The van der Waals surface area contributed by atoms with Crippen molar-refractivity contribution in [2.24, 2.45) is 0 Å². The molecule has 0 aliphatic heterocycles. The maximum absolute atomic E-state index is 6.15. The molecule has 0 radical (unpaired) electrons. The van der Waals surface area contributed by atoms with E-state index in [-0.39, 0.29) is 0 Å². The lowest BCUT2D eigenvalue weighted by molar-refractivity contribution is 1.05. The highest BCUT2D eigenvalue weighted by Crippen LogP contribution is 2.44. The fourth-order valence-corrected chi connectivity index (χ4v) is 2.54. The van der Waals surface area contributed by atoms with Gasteiger partial charge in [0.1, 0.15) is 0 Å². The summed E-state index contributed by atoms with van der Waals surface area (Å²) >= 11 is 6.15. The summed E-state index contributed by atoms with van der Waals surface area (Å²) in [5.41, 5.74) is 8.88. The van der Waals surface area contributed by atoms with Crippen molar-refractivity contribution in [2.75, 3.05) is 11.1 Å². The fraction of sp³-hybridized carbons (Fsp3) is 0.200. The number of halogens is 1. The number of rotatable bonds is 3. The first-order chi connectivity index (χ1) is 8.75. The quantitative estimate of drug-likeness (QED) is 0.820. The Labute approximate surface area is 112 Å². The Hall–Kier alpha value is -1.67. The first-order valence-corrected chi connectivity index (χ1v) is 6.49. The second-order valence-corrected chi connectivity index (χ2v) is 5.11. The van der Waals surface area contributed by atoms with Crippen LogP contribution in [0, 0.1) is 0 Å². The van der Waals surface area contributed by atoms with E-state index in [1.807, 2.05) is 24.3 Å². The van der Waals surface area contributed by atoms with Crippen LogP contribution >= 0.6 is 11.6 Å². The van der Waals surface area contributed by atoms with Gasteiger partial charge in [-0.2, -0.15) is 0 Å². The molecule has 0 bridgehead atoms. The molecule has 0 heterocycles. The molecule has 0 aromatic heterocycles. The molecule has 2 atom stereocenters. The lowest BCUT2D eigenvalue weighted by Gasteiger charge is -2.10. The Morgan fingerprint density at radius 3 is 2.56 bits per heavy atom. The summed E-state index contributed by atoms with van der Waals surface area (Å²) in [5, 5.41) is 4.13. The molecule has 2 aromatic rings. The number of nitrogens with two attached hydrogens (primary N) is 1. The lowest BCUT2D eigenvalue weighted by atomic mass is 10.1. The van der Waals surface area contributed by atoms with Crippen LogP contribution in [0.2, 0.25) is 5.02 Å². The van der Waals surface area contributed by atoms with E-state index >= 15 is 0 Å². The van der Waals surface area contributed by atoms with Gasteiger partial charge in [-0.3, -0.25) is 0 Å². The van der Waals surface area contributed by atoms with Crippen LogP contribution in [0.4, 0.5) is 11.4 Å². The van der Waals surface area contributed by atoms with Crippen LogP contribution in [-0.2, 0) is 0 Å². The third-order valence-corrected chi connectivity index (χ3v) is 3.71. The molecule has 3 heteroatoms. The van der Waals surface area contributed by atoms with Crippen molar-refractivity contribution in [1.82, 2.24) is 0 Å². The van der Waals surface area contributed by atoms with Crippen LogP contribution in [0.1, 0.15) is 17.9 Å². The highest BCUT2D eigenvalue weighted by Gasteiger charge is 2.38. The molecular formula is C15H15ClN2. The highest BCUT2D eigenvalue weighted by molar-refractivity contribution is 6.33. The summed E-state index contributed by atoms with van der Waals surface area (Å²) in [4.78, 5) is 0.